The number of likely N-dealkylation sites (tertiary alicyclic amines) is 1. The fourth-order valence-corrected chi connectivity index (χ4v) is 4.87. The van der Waals surface area contributed by atoms with Crippen LogP contribution in [-0.4, -0.2) is 72.5 Å². The van der Waals surface area contributed by atoms with E-state index in [-0.39, 0.29) is 23.8 Å². The van der Waals surface area contributed by atoms with Crippen molar-refractivity contribution in [1.82, 2.24) is 14.4 Å². The molecular formula is C28H31FN4O4. The summed E-state index contributed by atoms with van der Waals surface area (Å²) in [5, 5.41) is 7.98. The number of rotatable bonds is 8. The van der Waals surface area contributed by atoms with Gasteiger partial charge in [-0.15, -0.1) is 0 Å². The molecule has 2 heterocycles. The van der Waals surface area contributed by atoms with Crippen LogP contribution < -0.4 is 4.74 Å². The van der Waals surface area contributed by atoms with Crippen LogP contribution in [0, 0.1) is 17.1 Å². The first-order valence-electron chi connectivity index (χ1n) is 12.2. The van der Waals surface area contributed by atoms with Gasteiger partial charge in [-0.2, -0.15) is 0 Å². The first kappa shape index (κ1) is 26.1. The van der Waals surface area contributed by atoms with Crippen molar-refractivity contribution in [1.29, 1.82) is 5.41 Å². The SMILES string of the molecule is COc1cc2c(cc1C(=O)N1CCC(Cc3ccc(F)cc3)CC1)c(C(=O)C(=O)N(C)C)cn2CC=N. The van der Waals surface area contributed by atoms with Gasteiger partial charge in [-0.25, -0.2) is 4.39 Å². The summed E-state index contributed by atoms with van der Waals surface area (Å²) in [6, 6.07) is 9.85. The summed E-state index contributed by atoms with van der Waals surface area (Å²) in [5.74, 6) is -1.02. The monoisotopic (exact) mass is 506 g/mol. The maximum atomic E-state index is 13.6. The number of methoxy groups -OCH3 is 1. The average molecular weight is 507 g/mol. The molecule has 1 aromatic heterocycles. The van der Waals surface area contributed by atoms with Gasteiger partial charge in [0.05, 0.1) is 30.3 Å². The van der Waals surface area contributed by atoms with E-state index in [4.69, 9.17) is 10.1 Å². The first-order chi connectivity index (χ1) is 17.7. The van der Waals surface area contributed by atoms with Gasteiger partial charge in [0, 0.05) is 51.0 Å². The van der Waals surface area contributed by atoms with Crippen LogP contribution >= 0.6 is 0 Å². The van der Waals surface area contributed by atoms with Crippen molar-refractivity contribution in [2.45, 2.75) is 25.8 Å². The molecule has 194 valence electrons. The van der Waals surface area contributed by atoms with E-state index in [0.717, 1.165) is 24.8 Å². The number of Topliss-reactive ketones (excluding diaryl/α,β-unsaturated/α-hetero) is 1. The van der Waals surface area contributed by atoms with Gasteiger partial charge in [-0.3, -0.25) is 14.4 Å². The van der Waals surface area contributed by atoms with E-state index >= 15 is 0 Å². The normalized spacial score (nSPS) is 14.0. The van der Waals surface area contributed by atoms with Gasteiger partial charge in [-0.1, -0.05) is 12.1 Å². The molecular weight excluding hydrogens is 475 g/mol. The number of ketones is 1. The summed E-state index contributed by atoms with van der Waals surface area (Å²) in [5.41, 5.74) is 2.19. The maximum absolute atomic E-state index is 13.6. The number of fused-ring (bicyclic) bond motifs is 1. The third-order valence-electron chi connectivity index (χ3n) is 6.91. The van der Waals surface area contributed by atoms with E-state index in [0.29, 0.717) is 41.2 Å². The van der Waals surface area contributed by atoms with Crippen LogP contribution in [0.3, 0.4) is 0 Å². The molecule has 0 aliphatic carbocycles. The summed E-state index contributed by atoms with van der Waals surface area (Å²) >= 11 is 0. The van der Waals surface area contributed by atoms with Gasteiger partial charge in [0.2, 0.25) is 0 Å². The number of ether oxygens (including phenoxy) is 1. The first-order valence-corrected chi connectivity index (χ1v) is 12.2. The molecule has 4 rings (SSSR count). The number of carbonyl (C=O) groups excluding carboxylic acids is 3. The lowest BCUT2D eigenvalue weighted by Gasteiger charge is -2.32. The molecule has 0 spiro atoms. The van der Waals surface area contributed by atoms with E-state index < -0.39 is 11.7 Å². The molecule has 1 saturated heterocycles. The number of carbonyl (C=O) groups is 3. The van der Waals surface area contributed by atoms with Crippen molar-refractivity contribution in [2.24, 2.45) is 5.92 Å². The minimum absolute atomic E-state index is 0.185. The number of hydrogen-bond donors (Lipinski definition) is 1. The highest BCUT2D eigenvalue weighted by Gasteiger charge is 2.29. The van der Waals surface area contributed by atoms with Crippen LogP contribution in [-0.2, 0) is 17.8 Å². The standard InChI is InChI=1S/C28H31FN4O4/c1-31(2)28(36)26(34)23-17-33(13-10-30)24-16-25(37-3)22(15-21(23)24)27(35)32-11-8-19(9-12-32)14-18-4-6-20(29)7-5-18/h4-7,10,15-17,19,30H,8-9,11-14H2,1-3H3. The molecule has 1 fully saturated rings. The number of piperidine rings is 1. The summed E-state index contributed by atoms with van der Waals surface area (Å²) in [7, 11) is 4.50. The van der Waals surface area contributed by atoms with Crippen molar-refractivity contribution in [3.05, 3.63) is 65.1 Å². The second kappa shape index (κ2) is 10.9. The van der Waals surface area contributed by atoms with Gasteiger partial charge in [0.25, 0.3) is 17.6 Å². The lowest BCUT2D eigenvalue weighted by molar-refractivity contribution is -0.124. The Labute approximate surface area is 215 Å². The molecule has 1 aliphatic rings. The number of hydrogen-bond acceptors (Lipinski definition) is 5. The van der Waals surface area contributed by atoms with Crippen molar-refractivity contribution in [3.63, 3.8) is 0 Å². The smallest absolute Gasteiger partial charge is 0.294 e. The predicted molar refractivity (Wildman–Crippen MR) is 139 cm³/mol. The second-order valence-electron chi connectivity index (χ2n) is 9.56. The van der Waals surface area contributed by atoms with Gasteiger partial charge >= 0.3 is 0 Å². The minimum atomic E-state index is -0.677. The second-order valence-corrected chi connectivity index (χ2v) is 9.56. The lowest BCUT2D eigenvalue weighted by atomic mass is 9.90. The number of nitrogens with one attached hydrogen (secondary N) is 1. The highest BCUT2D eigenvalue weighted by Crippen LogP contribution is 2.32. The largest absolute Gasteiger partial charge is 0.496 e. The fourth-order valence-electron chi connectivity index (χ4n) is 4.87. The van der Waals surface area contributed by atoms with E-state index in [2.05, 4.69) is 0 Å². The third-order valence-corrected chi connectivity index (χ3v) is 6.91. The van der Waals surface area contributed by atoms with Crippen molar-refractivity contribution < 1.29 is 23.5 Å². The fraction of sp³-hybridized carbons (Fsp3) is 0.357. The molecule has 0 unspecified atom stereocenters. The molecule has 1 N–H and O–H groups in total. The summed E-state index contributed by atoms with van der Waals surface area (Å²) < 4.78 is 20.5. The van der Waals surface area contributed by atoms with E-state index in [1.54, 1.807) is 39.9 Å². The topological polar surface area (TPSA) is 95.7 Å². The molecule has 0 radical (unpaired) electrons. The molecule has 0 atom stereocenters. The van der Waals surface area contributed by atoms with Gasteiger partial charge in [0.15, 0.2) is 0 Å². The number of benzene rings is 2. The van der Waals surface area contributed by atoms with Gasteiger partial charge < -0.3 is 24.5 Å². The van der Waals surface area contributed by atoms with Crippen molar-refractivity contribution in [3.8, 4) is 5.75 Å². The van der Waals surface area contributed by atoms with E-state index in [9.17, 15) is 18.8 Å². The number of aromatic nitrogens is 1. The van der Waals surface area contributed by atoms with Crippen LogP contribution in [0.25, 0.3) is 10.9 Å². The highest BCUT2D eigenvalue weighted by atomic mass is 19.1. The number of amides is 2. The van der Waals surface area contributed by atoms with Crippen LogP contribution in [0.2, 0.25) is 0 Å². The zero-order valence-corrected chi connectivity index (χ0v) is 21.3. The summed E-state index contributed by atoms with van der Waals surface area (Å²) in [4.78, 5) is 42.0. The lowest BCUT2D eigenvalue weighted by Crippen LogP contribution is -2.39. The molecule has 2 amide bonds. The Morgan fingerprint density at radius 3 is 2.38 bits per heavy atom. The molecule has 1 aliphatic heterocycles. The predicted octanol–water partition coefficient (Wildman–Crippen LogP) is 3.80. The Kier molecular flexibility index (Phi) is 7.71. The van der Waals surface area contributed by atoms with Crippen molar-refractivity contribution in [2.75, 3.05) is 34.3 Å². The molecule has 0 bridgehead atoms. The Bertz CT molecular complexity index is 1340. The Morgan fingerprint density at radius 1 is 1.11 bits per heavy atom. The van der Waals surface area contributed by atoms with Crippen LogP contribution in [0.1, 0.15) is 39.1 Å². The minimum Gasteiger partial charge on any atom is -0.496 e. The Balaban J connectivity index is 1.60. The van der Waals surface area contributed by atoms with E-state index in [1.165, 1.54) is 44.5 Å². The molecule has 2 aromatic carbocycles. The van der Waals surface area contributed by atoms with Crippen LogP contribution in [0.15, 0.2) is 42.6 Å². The summed E-state index contributed by atoms with van der Waals surface area (Å²) in [6.07, 6.45) is 5.23. The average Bonchev–Trinajstić information content (AvgIpc) is 3.25. The van der Waals surface area contributed by atoms with Gasteiger partial charge in [0.1, 0.15) is 11.6 Å². The molecule has 8 nitrogen and oxygen atoms in total. The van der Waals surface area contributed by atoms with E-state index in [1.807, 2.05) is 0 Å². The maximum Gasteiger partial charge on any atom is 0.294 e. The zero-order chi connectivity index (χ0) is 26.7. The molecule has 0 saturated carbocycles. The molecule has 3 aromatic rings. The third kappa shape index (κ3) is 5.40. The van der Waals surface area contributed by atoms with Crippen LogP contribution in [0.5, 0.6) is 5.75 Å². The quantitative estimate of drug-likeness (QED) is 0.286. The molecule has 9 heteroatoms. The Hall–Kier alpha value is -4.01. The summed E-state index contributed by atoms with van der Waals surface area (Å²) in [6.45, 7) is 1.36. The highest BCUT2D eigenvalue weighted by molar-refractivity contribution is 6.44. The number of nitrogens with zero attached hydrogens (tertiary/aromatic N) is 3. The number of likely N-dealkylation sites (N-methyl/N-ethyl adjacent to an activating group) is 1. The van der Waals surface area contributed by atoms with Gasteiger partial charge in [-0.05, 0) is 48.9 Å². The number of halogens is 1. The van der Waals surface area contributed by atoms with Crippen LogP contribution in [0.4, 0.5) is 4.39 Å². The molecule has 37 heavy (non-hydrogen) atoms. The van der Waals surface area contributed by atoms with Crippen molar-refractivity contribution >= 4 is 34.7 Å². The Morgan fingerprint density at radius 2 is 1.78 bits per heavy atom. The zero-order valence-electron chi connectivity index (χ0n) is 21.3.